The van der Waals surface area contributed by atoms with E-state index in [0.29, 0.717) is 19.6 Å². The van der Waals surface area contributed by atoms with Crippen molar-refractivity contribution in [1.82, 2.24) is 15.3 Å². The number of carbonyl (C=O) groups is 1. The van der Waals surface area contributed by atoms with Gasteiger partial charge in [-0.1, -0.05) is 0 Å². The lowest BCUT2D eigenvalue weighted by atomic mass is 10.3. The van der Waals surface area contributed by atoms with Crippen LogP contribution in [0.25, 0.3) is 0 Å². The fourth-order valence-corrected chi connectivity index (χ4v) is 2.21. The molecule has 2 heterocycles. The van der Waals surface area contributed by atoms with Crippen LogP contribution in [0.4, 0.5) is 4.79 Å². The Balaban J connectivity index is 1.76. The fourth-order valence-electron chi connectivity index (χ4n) is 1.47. The van der Waals surface area contributed by atoms with E-state index >= 15 is 0 Å². The largest absolute Gasteiger partial charge is 0.485 e. The van der Waals surface area contributed by atoms with Gasteiger partial charge in [0.1, 0.15) is 17.4 Å². The number of pyridine rings is 1. The molecule has 0 aromatic carbocycles. The molecule has 2 rings (SSSR count). The van der Waals surface area contributed by atoms with Gasteiger partial charge in [0.15, 0.2) is 0 Å². The Hall–Kier alpha value is -2.15. The van der Waals surface area contributed by atoms with Crippen LogP contribution in [0.15, 0.2) is 29.9 Å². The van der Waals surface area contributed by atoms with Crippen molar-refractivity contribution >= 4 is 17.4 Å². The second kappa shape index (κ2) is 7.44. The van der Waals surface area contributed by atoms with Crippen molar-refractivity contribution in [1.29, 1.82) is 0 Å². The van der Waals surface area contributed by atoms with Crippen molar-refractivity contribution in [3.63, 3.8) is 0 Å². The van der Waals surface area contributed by atoms with Crippen molar-refractivity contribution in [2.45, 2.75) is 13.0 Å². The van der Waals surface area contributed by atoms with E-state index in [1.54, 1.807) is 12.4 Å². The predicted octanol–water partition coefficient (Wildman–Crippen LogP) is 2.02. The molecule has 0 spiro atoms. The number of methoxy groups -OCH3 is 1. The van der Waals surface area contributed by atoms with Crippen LogP contribution in [0.2, 0.25) is 0 Å². The van der Waals surface area contributed by atoms with Crippen LogP contribution < -0.4 is 10.1 Å². The summed E-state index contributed by atoms with van der Waals surface area (Å²) in [6.07, 6.45) is 3.59. The number of hydrogen-bond donors (Lipinski definition) is 1. The number of carbonyl (C=O) groups excluding carboxylic acids is 1. The Bertz CT molecular complexity index is 545. The zero-order chi connectivity index (χ0) is 14.2. The molecule has 0 unspecified atom stereocenters. The van der Waals surface area contributed by atoms with Crippen molar-refractivity contribution in [2.75, 3.05) is 13.7 Å². The van der Waals surface area contributed by atoms with Crippen molar-refractivity contribution < 1.29 is 14.3 Å². The molecule has 1 amide bonds. The van der Waals surface area contributed by atoms with E-state index in [1.807, 2.05) is 17.5 Å². The van der Waals surface area contributed by atoms with Gasteiger partial charge >= 0.3 is 6.09 Å². The van der Waals surface area contributed by atoms with Gasteiger partial charge in [-0.2, -0.15) is 0 Å². The summed E-state index contributed by atoms with van der Waals surface area (Å²) in [5.74, 6) is 0.719. The molecule has 0 atom stereocenters. The van der Waals surface area contributed by atoms with E-state index in [-0.39, 0.29) is 0 Å². The highest BCUT2D eigenvalue weighted by Gasteiger charge is 2.04. The molecule has 0 aliphatic heterocycles. The molecule has 106 valence electrons. The summed E-state index contributed by atoms with van der Waals surface area (Å²) in [6.45, 7) is 0.917. The minimum Gasteiger partial charge on any atom is -0.485 e. The number of rotatable bonds is 6. The number of ether oxygens (including phenoxy) is 2. The molecule has 2 aromatic heterocycles. The number of aromatic nitrogens is 2. The van der Waals surface area contributed by atoms with Gasteiger partial charge < -0.3 is 14.8 Å². The molecule has 7 heteroatoms. The van der Waals surface area contributed by atoms with Gasteiger partial charge in [-0.05, 0) is 12.1 Å². The average molecular weight is 293 g/mol. The molecular formula is C13H15N3O3S. The topological polar surface area (TPSA) is 73.3 Å². The third-order valence-electron chi connectivity index (χ3n) is 2.43. The molecule has 0 saturated carbocycles. The Kier molecular flexibility index (Phi) is 5.31. The molecule has 0 saturated heterocycles. The fraction of sp³-hybridized carbons (Fsp3) is 0.308. The summed E-state index contributed by atoms with van der Waals surface area (Å²) in [6, 6.07) is 3.67. The van der Waals surface area contributed by atoms with Gasteiger partial charge in [0.2, 0.25) is 0 Å². The molecule has 20 heavy (non-hydrogen) atoms. The highest BCUT2D eigenvalue weighted by atomic mass is 32.1. The first-order valence-corrected chi connectivity index (χ1v) is 6.94. The molecule has 0 fully saturated rings. The molecule has 0 radical (unpaired) electrons. The molecule has 0 aliphatic rings. The van der Waals surface area contributed by atoms with Crippen LogP contribution in [-0.4, -0.2) is 29.7 Å². The maximum absolute atomic E-state index is 10.9. The van der Waals surface area contributed by atoms with Gasteiger partial charge in [-0.15, -0.1) is 11.3 Å². The van der Waals surface area contributed by atoms with Crippen LogP contribution in [0.5, 0.6) is 5.75 Å². The first-order valence-electron chi connectivity index (χ1n) is 6.06. The minimum atomic E-state index is -0.430. The van der Waals surface area contributed by atoms with Crippen molar-refractivity contribution in [3.8, 4) is 5.75 Å². The summed E-state index contributed by atoms with van der Waals surface area (Å²) >= 11 is 1.53. The minimum absolute atomic E-state index is 0.417. The maximum Gasteiger partial charge on any atom is 0.406 e. The number of hydrogen-bond acceptors (Lipinski definition) is 6. The van der Waals surface area contributed by atoms with E-state index in [2.05, 4.69) is 20.0 Å². The summed E-state index contributed by atoms with van der Waals surface area (Å²) in [7, 11) is 1.34. The summed E-state index contributed by atoms with van der Waals surface area (Å²) < 4.78 is 10.0. The lowest BCUT2D eigenvalue weighted by Gasteiger charge is -2.02. The second-order valence-corrected chi connectivity index (χ2v) is 4.82. The van der Waals surface area contributed by atoms with Crippen LogP contribution >= 0.6 is 11.3 Å². The number of amides is 1. The van der Waals surface area contributed by atoms with Crippen molar-refractivity contribution in [3.05, 3.63) is 40.6 Å². The second-order valence-electron chi connectivity index (χ2n) is 3.88. The zero-order valence-corrected chi connectivity index (χ0v) is 11.9. The van der Waals surface area contributed by atoms with Gasteiger partial charge in [-0.25, -0.2) is 9.78 Å². The maximum atomic E-state index is 10.9. The third kappa shape index (κ3) is 4.51. The van der Waals surface area contributed by atoms with Gasteiger partial charge in [0.25, 0.3) is 0 Å². The number of thiazole rings is 1. The van der Waals surface area contributed by atoms with Crippen LogP contribution in [-0.2, 0) is 17.8 Å². The standard InChI is InChI=1S/C13H15N3O3S/c1-18-13(17)15-6-4-10-9-20-12(16-10)8-19-11-3-2-5-14-7-11/h2-3,5,7,9H,4,6,8H2,1H3,(H,15,17). The van der Waals surface area contributed by atoms with Crippen LogP contribution in [0.3, 0.4) is 0 Å². The molecular weight excluding hydrogens is 278 g/mol. The lowest BCUT2D eigenvalue weighted by molar-refractivity contribution is 0.171. The highest BCUT2D eigenvalue weighted by Crippen LogP contribution is 2.14. The van der Waals surface area contributed by atoms with Crippen LogP contribution in [0, 0.1) is 0 Å². The SMILES string of the molecule is COC(=O)NCCc1csc(COc2cccnc2)n1. The quantitative estimate of drug-likeness (QED) is 0.882. The monoisotopic (exact) mass is 293 g/mol. The van der Waals surface area contributed by atoms with E-state index in [4.69, 9.17) is 4.74 Å². The van der Waals surface area contributed by atoms with Crippen LogP contribution in [0.1, 0.15) is 10.7 Å². The predicted molar refractivity (Wildman–Crippen MR) is 74.8 cm³/mol. The summed E-state index contributed by atoms with van der Waals surface area (Å²) in [5, 5.41) is 5.46. The molecule has 6 nitrogen and oxygen atoms in total. The Morgan fingerprint density at radius 3 is 3.15 bits per heavy atom. The van der Waals surface area contributed by atoms with Gasteiger partial charge in [0, 0.05) is 24.5 Å². The third-order valence-corrected chi connectivity index (χ3v) is 3.30. The number of alkyl carbamates (subject to hydrolysis) is 1. The smallest absolute Gasteiger partial charge is 0.406 e. The molecule has 0 bridgehead atoms. The normalized spacial score (nSPS) is 10.1. The molecule has 1 N–H and O–H groups in total. The van der Waals surface area contributed by atoms with E-state index < -0.39 is 6.09 Å². The number of nitrogens with zero attached hydrogens (tertiary/aromatic N) is 2. The van der Waals surface area contributed by atoms with E-state index in [1.165, 1.54) is 18.4 Å². The number of nitrogens with one attached hydrogen (secondary N) is 1. The highest BCUT2D eigenvalue weighted by molar-refractivity contribution is 7.09. The lowest BCUT2D eigenvalue weighted by Crippen LogP contribution is -2.25. The Morgan fingerprint density at radius 2 is 2.40 bits per heavy atom. The summed E-state index contributed by atoms with van der Waals surface area (Å²) in [4.78, 5) is 19.3. The van der Waals surface area contributed by atoms with Gasteiger partial charge in [0.05, 0.1) is 19.0 Å². The molecule has 0 aliphatic carbocycles. The Morgan fingerprint density at radius 1 is 1.50 bits per heavy atom. The van der Waals surface area contributed by atoms with Gasteiger partial charge in [-0.3, -0.25) is 4.98 Å². The summed E-state index contributed by atoms with van der Waals surface area (Å²) in [5.41, 5.74) is 0.927. The average Bonchev–Trinajstić information content (AvgIpc) is 2.94. The molecule has 2 aromatic rings. The Labute approximate surface area is 120 Å². The zero-order valence-electron chi connectivity index (χ0n) is 11.0. The van der Waals surface area contributed by atoms with E-state index in [0.717, 1.165) is 16.5 Å². The van der Waals surface area contributed by atoms with E-state index in [9.17, 15) is 4.79 Å². The first kappa shape index (κ1) is 14.3. The first-order chi connectivity index (χ1) is 9.78. The van der Waals surface area contributed by atoms with Crippen molar-refractivity contribution in [2.24, 2.45) is 0 Å².